The van der Waals surface area contributed by atoms with Crippen molar-refractivity contribution in [1.29, 1.82) is 0 Å². The van der Waals surface area contributed by atoms with Crippen molar-refractivity contribution in [2.24, 2.45) is 5.92 Å². The van der Waals surface area contributed by atoms with Crippen molar-refractivity contribution in [1.82, 2.24) is 0 Å². The highest BCUT2D eigenvalue weighted by atomic mass is 35.5. The summed E-state index contributed by atoms with van der Waals surface area (Å²) in [4.78, 5) is 11.9. The van der Waals surface area contributed by atoms with Crippen molar-refractivity contribution in [3.8, 4) is 0 Å². The van der Waals surface area contributed by atoms with Crippen LogP contribution in [0.25, 0.3) is 0 Å². The zero-order chi connectivity index (χ0) is 11.9. The highest BCUT2D eigenvalue weighted by Crippen LogP contribution is 2.40. The number of carbonyl (C=O) groups excluding carboxylic acids is 1. The van der Waals surface area contributed by atoms with E-state index in [1.165, 1.54) is 6.07 Å². The molecule has 0 heterocycles. The van der Waals surface area contributed by atoms with Crippen LogP contribution >= 0.6 is 46.4 Å². The van der Waals surface area contributed by atoms with Crippen molar-refractivity contribution in [3.63, 3.8) is 0 Å². The summed E-state index contributed by atoms with van der Waals surface area (Å²) in [5.41, 5.74) is 0.296. The molecule has 0 saturated heterocycles. The number of Topliss-reactive ketones (excluding diaryl/α,β-unsaturated/α-hetero) is 1. The van der Waals surface area contributed by atoms with E-state index in [1.54, 1.807) is 0 Å². The van der Waals surface area contributed by atoms with Crippen LogP contribution in [-0.4, -0.2) is 5.78 Å². The summed E-state index contributed by atoms with van der Waals surface area (Å²) in [5, 5.41) is 0.876. The molecular weight excluding hydrogens is 290 g/mol. The molecule has 0 bridgehead atoms. The van der Waals surface area contributed by atoms with E-state index < -0.39 is 0 Å². The molecule has 1 aromatic rings. The van der Waals surface area contributed by atoms with Crippen LogP contribution in [-0.2, 0) is 0 Å². The Morgan fingerprint density at radius 2 is 1.75 bits per heavy atom. The molecule has 2 rings (SSSR count). The van der Waals surface area contributed by atoms with Gasteiger partial charge in [-0.05, 0) is 24.8 Å². The maximum absolute atomic E-state index is 11.9. The Morgan fingerprint density at radius 1 is 1.12 bits per heavy atom. The van der Waals surface area contributed by atoms with Gasteiger partial charge in [0.1, 0.15) is 0 Å². The molecule has 1 aliphatic rings. The SMILES string of the molecule is O=C(CC1CC1)c1c(Cl)cc(Cl)c(Cl)c1Cl. The van der Waals surface area contributed by atoms with Crippen LogP contribution < -0.4 is 0 Å². The number of ketones is 1. The minimum absolute atomic E-state index is 0.0592. The Morgan fingerprint density at radius 3 is 2.31 bits per heavy atom. The third-order valence-corrected chi connectivity index (χ3v) is 4.12. The number of halogens is 4. The lowest BCUT2D eigenvalue weighted by molar-refractivity contribution is 0.0976. The highest BCUT2D eigenvalue weighted by molar-refractivity contribution is 6.51. The second kappa shape index (κ2) is 4.73. The molecular formula is C11H8Cl4O. The van der Waals surface area contributed by atoms with Crippen LogP contribution in [0.4, 0.5) is 0 Å². The largest absolute Gasteiger partial charge is 0.294 e. The van der Waals surface area contributed by atoms with Gasteiger partial charge in [-0.15, -0.1) is 0 Å². The molecule has 0 amide bonds. The maximum Gasteiger partial charge on any atom is 0.166 e. The molecule has 5 heteroatoms. The predicted octanol–water partition coefficient (Wildman–Crippen LogP) is 5.28. The van der Waals surface area contributed by atoms with Crippen molar-refractivity contribution < 1.29 is 4.79 Å². The first-order chi connectivity index (χ1) is 7.50. The van der Waals surface area contributed by atoms with Crippen molar-refractivity contribution in [2.45, 2.75) is 19.3 Å². The Hall–Kier alpha value is 0.0500. The molecule has 1 fully saturated rings. The normalized spacial score (nSPS) is 15.2. The Bertz CT molecular complexity index is 452. The third-order valence-electron chi connectivity index (χ3n) is 2.56. The van der Waals surface area contributed by atoms with Crippen LogP contribution in [0.3, 0.4) is 0 Å². The van der Waals surface area contributed by atoms with Gasteiger partial charge in [0.05, 0.1) is 25.7 Å². The zero-order valence-corrected chi connectivity index (χ0v) is 11.2. The molecule has 0 spiro atoms. The van der Waals surface area contributed by atoms with Gasteiger partial charge in [0.15, 0.2) is 5.78 Å². The summed E-state index contributed by atoms with van der Waals surface area (Å²) >= 11 is 23.6. The van der Waals surface area contributed by atoms with Gasteiger partial charge >= 0.3 is 0 Å². The van der Waals surface area contributed by atoms with E-state index in [-0.39, 0.29) is 25.9 Å². The highest BCUT2D eigenvalue weighted by Gasteiger charge is 2.28. The Balaban J connectivity index is 2.38. The van der Waals surface area contributed by atoms with Gasteiger partial charge in [0, 0.05) is 6.42 Å². The lowest BCUT2D eigenvalue weighted by Crippen LogP contribution is -2.02. The molecule has 0 aromatic heterocycles. The summed E-state index contributed by atoms with van der Waals surface area (Å²) in [6.07, 6.45) is 2.68. The zero-order valence-electron chi connectivity index (χ0n) is 8.20. The average molecular weight is 298 g/mol. The summed E-state index contributed by atoms with van der Waals surface area (Å²) in [7, 11) is 0. The predicted molar refractivity (Wildman–Crippen MR) is 68.2 cm³/mol. The van der Waals surface area contributed by atoms with Gasteiger partial charge in [-0.1, -0.05) is 46.4 Å². The molecule has 0 unspecified atom stereocenters. The fourth-order valence-corrected chi connectivity index (χ4v) is 2.63. The van der Waals surface area contributed by atoms with E-state index >= 15 is 0 Å². The van der Waals surface area contributed by atoms with E-state index in [0.717, 1.165) is 12.8 Å². The fraction of sp³-hybridized carbons (Fsp3) is 0.364. The number of hydrogen-bond acceptors (Lipinski definition) is 1. The standard InChI is InChI=1S/C11H8Cl4O/c12-6-4-7(13)10(14)11(15)9(6)8(16)3-5-1-2-5/h4-5H,1-3H2. The molecule has 16 heavy (non-hydrogen) atoms. The van der Waals surface area contributed by atoms with Crippen molar-refractivity contribution in [2.75, 3.05) is 0 Å². The molecule has 1 aromatic carbocycles. The third kappa shape index (κ3) is 2.48. The molecule has 1 aliphatic carbocycles. The van der Waals surface area contributed by atoms with Crippen molar-refractivity contribution >= 4 is 52.2 Å². The van der Waals surface area contributed by atoms with Gasteiger partial charge in [-0.25, -0.2) is 0 Å². The summed E-state index contributed by atoms with van der Waals surface area (Å²) in [5.74, 6) is 0.421. The van der Waals surface area contributed by atoms with Gasteiger partial charge in [-0.2, -0.15) is 0 Å². The second-order valence-electron chi connectivity index (χ2n) is 3.91. The number of carbonyl (C=O) groups is 1. The van der Waals surface area contributed by atoms with Crippen LogP contribution in [0.2, 0.25) is 20.1 Å². The number of rotatable bonds is 3. The number of hydrogen-bond donors (Lipinski definition) is 0. The van der Waals surface area contributed by atoms with E-state index in [9.17, 15) is 4.79 Å². The monoisotopic (exact) mass is 296 g/mol. The van der Waals surface area contributed by atoms with Gasteiger partial charge in [-0.3, -0.25) is 4.79 Å². The van der Waals surface area contributed by atoms with Crippen LogP contribution in [0, 0.1) is 5.92 Å². The van der Waals surface area contributed by atoms with E-state index in [0.29, 0.717) is 17.9 Å². The lowest BCUT2D eigenvalue weighted by atomic mass is 10.1. The van der Waals surface area contributed by atoms with Crippen LogP contribution in [0.15, 0.2) is 6.07 Å². The minimum atomic E-state index is -0.0592. The summed E-state index contributed by atoms with van der Waals surface area (Å²) in [6.45, 7) is 0. The van der Waals surface area contributed by atoms with Crippen LogP contribution in [0.1, 0.15) is 29.6 Å². The fourth-order valence-electron chi connectivity index (χ4n) is 1.51. The quantitative estimate of drug-likeness (QED) is 0.421. The smallest absolute Gasteiger partial charge is 0.166 e. The average Bonchev–Trinajstić information content (AvgIpc) is 2.98. The molecule has 1 saturated carbocycles. The first-order valence-corrected chi connectivity index (χ1v) is 6.38. The van der Waals surface area contributed by atoms with Crippen LogP contribution in [0.5, 0.6) is 0 Å². The summed E-state index contributed by atoms with van der Waals surface area (Å²) in [6, 6.07) is 1.46. The molecule has 0 radical (unpaired) electrons. The minimum Gasteiger partial charge on any atom is -0.294 e. The van der Waals surface area contributed by atoms with Gasteiger partial charge in [0.25, 0.3) is 0 Å². The first-order valence-electron chi connectivity index (χ1n) is 4.87. The van der Waals surface area contributed by atoms with Crippen molar-refractivity contribution in [3.05, 3.63) is 31.7 Å². The number of benzene rings is 1. The molecule has 0 atom stereocenters. The molecule has 0 N–H and O–H groups in total. The second-order valence-corrected chi connectivity index (χ2v) is 5.48. The summed E-state index contributed by atoms with van der Waals surface area (Å²) < 4.78 is 0. The van der Waals surface area contributed by atoms with E-state index in [2.05, 4.69) is 0 Å². The van der Waals surface area contributed by atoms with Gasteiger partial charge < -0.3 is 0 Å². The molecule has 0 aliphatic heterocycles. The Kier molecular flexibility index (Phi) is 3.70. The lowest BCUT2D eigenvalue weighted by Gasteiger charge is -2.08. The molecule has 86 valence electrons. The Labute approximate surface area is 114 Å². The van der Waals surface area contributed by atoms with Gasteiger partial charge in [0.2, 0.25) is 0 Å². The van der Waals surface area contributed by atoms with E-state index in [1.807, 2.05) is 0 Å². The topological polar surface area (TPSA) is 17.1 Å². The maximum atomic E-state index is 11.9. The molecule has 1 nitrogen and oxygen atoms in total. The van der Waals surface area contributed by atoms with E-state index in [4.69, 9.17) is 46.4 Å². The first kappa shape index (κ1) is 12.5.